The Labute approximate surface area is 164 Å². The van der Waals surface area contributed by atoms with Gasteiger partial charge in [0, 0.05) is 38.2 Å². The SMILES string of the molecule is CCO[Si](COc1ccc2c(c1)COC(C)(C(C)CC)O2)(OCC)OCC. The highest BCUT2D eigenvalue weighted by Crippen LogP contribution is 2.38. The molecule has 0 saturated heterocycles. The summed E-state index contributed by atoms with van der Waals surface area (Å²) in [6, 6.07) is 5.80. The highest BCUT2D eigenvalue weighted by Gasteiger charge is 2.42. The smallest absolute Gasteiger partial charge is 0.489 e. The second-order valence-corrected chi connectivity index (χ2v) is 9.28. The normalized spacial score (nSPS) is 20.7. The second kappa shape index (κ2) is 9.89. The van der Waals surface area contributed by atoms with Crippen LogP contribution in [0.25, 0.3) is 0 Å². The van der Waals surface area contributed by atoms with Gasteiger partial charge in [-0.2, -0.15) is 0 Å². The average molecular weight is 399 g/mol. The first-order valence-electron chi connectivity index (χ1n) is 9.92. The zero-order valence-corrected chi connectivity index (χ0v) is 18.5. The van der Waals surface area contributed by atoms with Crippen molar-refractivity contribution in [2.75, 3.05) is 26.1 Å². The molecule has 6 nitrogen and oxygen atoms in total. The molecule has 7 heteroatoms. The first-order chi connectivity index (χ1) is 12.9. The summed E-state index contributed by atoms with van der Waals surface area (Å²) in [5.74, 6) is 1.28. The number of hydrogen-bond acceptors (Lipinski definition) is 6. The summed E-state index contributed by atoms with van der Waals surface area (Å²) in [7, 11) is -2.84. The lowest BCUT2D eigenvalue weighted by Gasteiger charge is -2.39. The molecule has 2 rings (SSSR count). The maximum atomic E-state index is 6.15. The van der Waals surface area contributed by atoms with Gasteiger partial charge in [0.05, 0.1) is 6.61 Å². The topological polar surface area (TPSA) is 55.4 Å². The fourth-order valence-electron chi connectivity index (χ4n) is 3.02. The fraction of sp³-hybridized carbons (Fsp3) is 0.700. The van der Waals surface area contributed by atoms with Gasteiger partial charge in [-0.25, -0.2) is 0 Å². The van der Waals surface area contributed by atoms with Crippen molar-refractivity contribution in [2.45, 2.75) is 60.4 Å². The predicted molar refractivity (Wildman–Crippen MR) is 106 cm³/mol. The molecule has 2 unspecified atom stereocenters. The van der Waals surface area contributed by atoms with Crippen LogP contribution in [0.4, 0.5) is 0 Å². The van der Waals surface area contributed by atoms with Crippen molar-refractivity contribution in [1.29, 1.82) is 0 Å². The van der Waals surface area contributed by atoms with Gasteiger partial charge in [0.2, 0.25) is 5.79 Å². The summed E-state index contributed by atoms with van der Waals surface area (Å²) in [5, 5.41) is 0. The van der Waals surface area contributed by atoms with Crippen molar-refractivity contribution < 1.29 is 27.5 Å². The van der Waals surface area contributed by atoms with E-state index in [0.717, 1.165) is 23.5 Å². The number of ether oxygens (including phenoxy) is 3. The maximum Gasteiger partial charge on any atom is 0.540 e. The maximum absolute atomic E-state index is 6.15. The van der Waals surface area contributed by atoms with Gasteiger partial charge < -0.3 is 27.5 Å². The number of hydrogen-bond donors (Lipinski definition) is 0. The van der Waals surface area contributed by atoms with E-state index < -0.39 is 14.6 Å². The zero-order chi connectivity index (χ0) is 19.9. The molecule has 1 aliphatic heterocycles. The van der Waals surface area contributed by atoms with Crippen LogP contribution in [-0.2, 0) is 24.6 Å². The molecule has 27 heavy (non-hydrogen) atoms. The Hall–Kier alpha value is -1.12. The third-order valence-electron chi connectivity index (χ3n) is 4.87. The number of rotatable bonds is 11. The monoisotopic (exact) mass is 398 g/mol. The minimum absolute atomic E-state index is 0.271. The van der Waals surface area contributed by atoms with E-state index in [1.807, 2.05) is 45.9 Å². The summed E-state index contributed by atoms with van der Waals surface area (Å²) in [4.78, 5) is 0. The van der Waals surface area contributed by atoms with Crippen molar-refractivity contribution in [3.63, 3.8) is 0 Å². The van der Waals surface area contributed by atoms with Crippen LogP contribution < -0.4 is 9.47 Å². The Morgan fingerprint density at radius 3 is 2.26 bits per heavy atom. The van der Waals surface area contributed by atoms with Gasteiger partial charge in [-0.1, -0.05) is 13.8 Å². The lowest BCUT2D eigenvalue weighted by Crippen LogP contribution is -2.51. The van der Waals surface area contributed by atoms with Gasteiger partial charge in [-0.05, 0) is 45.4 Å². The second-order valence-electron chi connectivity index (χ2n) is 6.76. The van der Waals surface area contributed by atoms with E-state index >= 15 is 0 Å². The zero-order valence-electron chi connectivity index (χ0n) is 17.5. The lowest BCUT2D eigenvalue weighted by atomic mass is 9.98. The van der Waals surface area contributed by atoms with Crippen LogP contribution in [0, 0.1) is 5.92 Å². The summed E-state index contributed by atoms with van der Waals surface area (Å²) in [5.41, 5.74) is 0.977. The molecule has 0 radical (unpaired) electrons. The van der Waals surface area contributed by atoms with Crippen LogP contribution in [0.5, 0.6) is 11.5 Å². The minimum atomic E-state index is -2.84. The van der Waals surface area contributed by atoms with Gasteiger partial charge in [-0.3, -0.25) is 0 Å². The molecule has 1 aliphatic rings. The van der Waals surface area contributed by atoms with E-state index in [1.165, 1.54) is 0 Å². The molecule has 0 aliphatic carbocycles. The van der Waals surface area contributed by atoms with Gasteiger partial charge in [0.15, 0.2) is 6.23 Å². The van der Waals surface area contributed by atoms with Crippen LogP contribution in [0.2, 0.25) is 0 Å². The van der Waals surface area contributed by atoms with E-state index in [2.05, 4.69) is 13.8 Å². The first kappa shape index (κ1) is 22.2. The summed E-state index contributed by atoms with van der Waals surface area (Å²) < 4.78 is 35.6. The van der Waals surface area contributed by atoms with Gasteiger partial charge in [-0.15, -0.1) is 0 Å². The standard InChI is InChI=1S/C20H34O6Si/c1-7-16(5)20(6)22-14-17-13-18(11-12-19(17)26-20)21-15-27(23-8-2,24-9-3)25-10-4/h11-13,16H,7-10,14-15H2,1-6H3. The predicted octanol–water partition coefficient (Wildman–Crippen LogP) is 4.32. The van der Waals surface area contributed by atoms with E-state index in [4.69, 9.17) is 27.5 Å². The molecule has 1 aromatic carbocycles. The molecule has 0 saturated carbocycles. The van der Waals surface area contributed by atoms with Gasteiger partial charge in [0.25, 0.3) is 0 Å². The lowest BCUT2D eigenvalue weighted by molar-refractivity contribution is -0.223. The largest absolute Gasteiger partial charge is 0.540 e. The number of benzene rings is 1. The molecule has 0 amide bonds. The molecule has 0 bridgehead atoms. The molecular formula is C20H34O6Si. The van der Waals surface area contributed by atoms with Crippen molar-refractivity contribution in [2.24, 2.45) is 5.92 Å². The quantitative estimate of drug-likeness (QED) is 0.517. The molecule has 1 aromatic rings. The molecule has 154 valence electrons. The first-order valence-corrected chi connectivity index (χ1v) is 11.9. The summed E-state index contributed by atoms with van der Waals surface area (Å²) >= 11 is 0. The Bertz CT molecular complexity index is 579. The van der Waals surface area contributed by atoms with Crippen molar-refractivity contribution >= 4 is 8.80 Å². The summed E-state index contributed by atoms with van der Waals surface area (Å²) in [6.45, 7) is 14.1. The Balaban J connectivity index is 2.09. The molecule has 0 spiro atoms. The van der Waals surface area contributed by atoms with Crippen molar-refractivity contribution in [3.05, 3.63) is 23.8 Å². The molecule has 2 atom stereocenters. The highest BCUT2D eigenvalue weighted by molar-refractivity contribution is 6.60. The van der Waals surface area contributed by atoms with Gasteiger partial charge in [0.1, 0.15) is 11.5 Å². The number of fused-ring (bicyclic) bond motifs is 1. The molecule has 0 aromatic heterocycles. The Kier molecular flexibility index (Phi) is 8.12. The summed E-state index contributed by atoms with van der Waals surface area (Å²) in [6.07, 6.45) is 1.26. The Morgan fingerprint density at radius 1 is 1.07 bits per heavy atom. The van der Waals surface area contributed by atoms with Crippen LogP contribution in [0.15, 0.2) is 18.2 Å². The van der Waals surface area contributed by atoms with Crippen LogP contribution in [0.3, 0.4) is 0 Å². The van der Waals surface area contributed by atoms with E-state index in [-0.39, 0.29) is 6.23 Å². The van der Waals surface area contributed by atoms with Crippen LogP contribution in [0.1, 0.15) is 53.5 Å². The average Bonchev–Trinajstić information content (AvgIpc) is 2.66. The van der Waals surface area contributed by atoms with E-state index in [1.54, 1.807) is 0 Å². The third-order valence-corrected chi connectivity index (χ3v) is 7.56. The van der Waals surface area contributed by atoms with Crippen LogP contribution in [-0.4, -0.2) is 40.6 Å². The molecule has 0 fully saturated rings. The van der Waals surface area contributed by atoms with E-state index in [9.17, 15) is 0 Å². The van der Waals surface area contributed by atoms with Crippen molar-refractivity contribution in [1.82, 2.24) is 0 Å². The molecule has 1 heterocycles. The van der Waals surface area contributed by atoms with Crippen molar-refractivity contribution in [3.8, 4) is 11.5 Å². The van der Waals surface area contributed by atoms with Crippen LogP contribution >= 0.6 is 0 Å². The molecular weight excluding hydrogens is 364 g/mol. The van der Waals surface area contributed by atoms with Gasteiger partial charge >= 0.3 is 8.80 Å². The Morgan fingerprint density at radius 2 is 1.70 bits per heavy atom. The van der Waals surface area contributed by atoms with E-state index in [0.29, 0.717) is 32.3 Å². The minimum Gasteiger partial charge on any atom is -0.489 e. The highest BCUT2D eigenvalue weighted by atomic mass is 28.4. The molecule has 0 N–H and O–H groups in total. The third kappa shape index (κ3) is 5.45. The fourth-order valence-corrected chi connectivity index (χ4v) is 5.18.